The first-order chi connectivity index (χ1) is 11.2. The number of aromatic nitrogens is 2. The lowest BCUT2D eigenvalue weighted by atomic mass is 10.1. The second kappa shape index (κ2) is 5.46. The van der Waals surface area contributed by atoms with Crippen molar-refractivity contribution < 1.29 is 13.6 Å². The second-order valence-corrected chi connectivity index (χ2v) is 5.66. The SMILES string of the molecule is Cc1cc(CNc2nnc(C3Cc4ccccc4O3)o2)c(C)o1. The zero-order valence-electron chi connectivity index (χ0n) is 13.0. The molecule has 0 amide bonds. The first-order valence-corrected chi connectivity index (χ1v) is 7.57. The van der Waals surface area contributed by atoms with Crippen LogP contribution in [0.3, 0.4) is 0 Å². The van der Waals surface area contributed by atoms with Crippen molar-refractivity contribution in [3.05, 3.63) is 58.9 Å². The van der Waals surface area contributed by atoms with Crippen LogP contribution in [0.25, 0.3) is 0 Å². The summed E-state index contributed by atoms with van der Waals surface area (Å²) in [7, 11) is 0. The van der Waals surface area contributed by atoms with Crippen LogP contribution in [-0.2, 0) is 13.0 Å². The minimum atomic E-state index is -0.214. The molecule has 1 N–H and O–H groups in total. The molecule has 6 heteroatoms. The third-order valence-electron chi connectivity index (χ3n) is 3.94. The van der Waals surface area contributed by atoms with Gasteiger partial charge in [0, 0.05) is 18.5 Å². The van der Waals surface area contributed by atoms with Gasteiger partial charge in [-0.25, -0.2) is 0 Å². The van der Waals surface area contributed by atoms with Gasteiger partial charge in [-0.15, -0.1) is 5.10 Å². The molecule has 0 saturated carbocycles. The van der Waals surface area contributed by atoms with Gasteiger partial charge in [-0.05, 0) is 31.5 Å². The Kier molecular flexibility index (Phi) is 3.29. The van der Waals surface area contributed by atoms with Crippen molar-refractivity contribution in [2.45, 2.75) is 32.9 Å². The van der Waals surface area contributed by atoms with Gasteiger partial charge in [0.1, 0.15) is 17.3 Å². The molecular formula is C17H17N3O3. The van der Waals surface area contributed by atoms with Crippen molar-refractivity contribution in [1.82, 2.24) is 10.2 Å². The quantitative estimate of drug-likeness (QED) is 0.794. The van der Waals surface area contributed by atoms with Gasteiger partial charge >= 0.3 is 6.01 Å². The molecule has 118 valence electrons. The predicted octanol–water partition coefficient (Wildman–Crippen LogP) is 3.57. The molecule has 23 heavy (non-hydrogen) atoms. The molecule has 3 heterocycles. The summed E-state index contributed by atoms with van der Waals surface area (Å²) in [4.78, 5) is 0. The van der Waals surface area contributed by atoms with Crippen molar-refractivity contribution in [2.24, 2.45) is 0 Å². The zero-order chi connectivity index (χ0) is 15.8. The molecule has 0 radical (unpaired) electrons. The van der Waals surface area contributed by atoms with Crippen LogP contribution in [0, 0.1) is 13.8 Å². The summed E-state index contributed by atoms with van der Waals surface area (Å²) in [5.74, 6) is 3.16. The Morgan fingerprint density at radius 3 is 2.83 bits per heavy atom. The molecule has 1 aliphatic rings. The zero-order valence-corrected chi connectivity index (χ0v) is 13.0. The molecule has 3 aromatic rings. The molecule has 0 fully saturated rings. The molecule has 0 spiro atoms. The first-order valence-electron chi connectivity index (χ1n) is 7.57. The van der Waals surface area contributed by atoms with Crippen LogP contribution in [0.15, 0.2) is 39.2 Å². The van der Waals surface area contributed by atoms with Gasteiger partial charge in [-0.1, -0.05) is 23.3 Å². The van der Waals surface area contributed by atoms with E-state index in [0.717, 1.165) is 34.8 Å². The van der Waals surface area contributed by atoms with Crippen LogP contribution in [-0.4, -0.2) is 10.2 Å². The van der Waals surface area contributed by atoms with E-state index in [1.807, 2.05) is 38.1 Å². The maximum Gasteiger partial charge on any atom is 0.315 e. The van der Waals surface area contributed by atoms with Gasteiger partial charge < -0.3 is 18.9 Å². The molecule has 0 saturated heterocycles. The van der Waals surface area contributed by atoms with Gasteiger partial charge in [-0.2, -0.15) is 0 Å². The standard InChI is InChI=1S/C17H17N3O3/c1-10-7-13(11(2)21-10)9-18-17-20-19-16(23-17)15-8-12-5-3-4-6-14(12)22-15/h3-7,15H,8-9H2,1-2H3,(H,18,20). The normalized spacial score (nSPS) is 16.2. The lowest BCUT2D eigenvalue weighted by molar-refractivity contribution is 0.199. The topological polar surface area (TPSA) is 73.3 Å². The van der Waals surface area contributed by atoms with E-state index in [4.69, 9.17) is 13.6 Å². The summed E-state index contributed by atoms with van der Waals surface area (Å²) in [6.45, 7) is 4.44. The number of furan rings is 1. The molecular weight excluding hydrogens is 294 g/mol. The van der Waals surface area contributed by atoms with Crippen molar-refractivity contribution >= 4 is 6.01 Å². The molecule has 1 unspecified atom stereocenters. The second-order valence-electron chi connectivity index (χ2n) is 5.66. The number of aryl methyl sites for hydroxylation is 2. The maximum absolute atomic E-state index is 5.85. The van der Waals surface area contributed by atoms with Crippen molar-refractivity contribution in [2.75, 3.05) is 5.32 Å². The maximum atomic E-state index is 5.85. The Bertz CT molecular complexity index is 812. The number of hydrogen-bond donors (Lipinski definition) is 1. The third-order valence-corrected chi connectivity index (χ3v) is 3.94. The van der Waals surface area contributed by atoms with Crippen molar-refractivity contribution in [3.63, 3.8) is 0 Å². The molecule has 6 nitrogen and oxygen atoms in total. The first kappa shape index (κ1) is 13.9. The number of rotatable bonds is 4. The summed E-state index contributed by atoms with van der Waals surface area (Å²) in [5, 5.41) is 11.3. The van der Waals surface area contributed by atoms with Crippen molar-refractivity contribution in [1.29, 1.82) is 0 Å². The van der Waals surface area contributed by atoms with Crippen LogP contribution >= 0.6 is 0 Å². The summed E-state index contributed by atoms with van der Waals surface area (Å²) >= 11 is 0. The summed E-state index contributed by atoms with van der Waals surface area (Å²) < 4.78 is 17.0. The van der Waals surface area contributed by atoms with E-state index in [9.17, 15) is 0 Å². The fourth-order valence-electron chi connectivity index (χ4n) is 2.79. The molecule has 1 aliphatic heterocycles. The van der Waals surface area contributed by atoms with Gasteiger partial charge in [0.15, 0.2) is 6.10 Å². The lowest BCUT2D eigenvalue weighted by Gasteiger charge is -2.04. The van der Waals surface area contributed by atoms with E-state index >= 15 is 0 Å². The average molecular weight is 311 g/mol. The highest BCUT2D eigenvalue weighted by atomic mass is 16.5. The number of para-hydroxylation sites is 1. The van der Waals surface area contributed by atoms with Gasteiger partial charge in [0.05, 0.1) is 0 Å². The minimum Gasteiger partial charge on any atom is -0.480 e. The molecule has 0 aliphatic carbocycles. The molecule has 1 atom stereocenters. The Balaban J connectivity index is 1.43. The summed E-state index contributed by atoms with van der Waals surface area (Å²) in [5.41, 5.74) is 2.24. The highest BCUT2D eigenvalue weighted by molar-refractivity contribution is 5.38. The number of benzene rings is 1. The van der Waals surface area contributed by atoms with E-state index in [-0.39, 0.29) is 6.10 Å². The number of nitrogens with one attached hydrogen (secondary N) is 1. The fraction of sp³-hybridized carbons (Fsp3) is 0.294. The molecule has 2 aromatic heterocycles. The summed E-state index contributed by atoms with van der Waals surface area (Å²) in [6.07, 6.45) is 0.533. The van der Waals surface area contributed by atoms with Crippen LogP contribution in [0.4, 0.5) is 6.01 Å². The number of nitrogens with zero attached hydrogens (tertiary/aromatic N) is 2. The van der Waals surface area contributed by atoms with E-state index in [1.54, 1.807) is 0 Å². The van der Waals surface area contributed by atoms with Crippen LogP contribution in [0.5, 0.6) is 5.75 Å². The largest absolute Gasteiger partial charge is 0.480 e. The molecule has 1 aromatic carbocycles. The molecule has 0 bridgehead atoms. The van der Waals surface area contributed by atoms with E-state index < -0.39 is 0 Å². The lowest BCUT2D eigenvalue weighted by Crippen LogP contribution is -2.03. The minimum absolute atomic E-state index is 0.214. The number of fused-ring (bicyclic) bond motifs is 1. The number of ether oxygens (including phenoxy) is 1. The van der Waals surface area contributed by atoms with Crippen molar-refractivity contribution in [3.8, 4) is 5.75 Å². The predicted molar refractivity (Wildman–Crippen MR) is 83.3 cm³/mol. The van der Waals surface area contributed by atoms with E-state index in [0.29, 0.717) is 18.5 Å². The van der Waals surface area contributed by atoms with Gasteiger partial charge in [-0.3, -0.25) is 0 Å². The van der Waals surface area contributed by atoms with Gasteiger partial charge in [0.2, 0.25) is 0 Å². The Labute approximate surface area is 133 Å². The van der Waals surface area contributed by atoms with E-state index in [1.165, 1.54) is 0 Å². The monoisotopic (exact) mass is 311 g/mol. The van der Waals surface area contributed by atoms with E-state index in [2.05, 4.69) is 21.6 Å². The fourth-order valence-corrected chi connectivity index (χ4v) is 2.79. The average Bonchev–Trinajstić information content (AvgIpc) is 3.23. The summed E-state index contributed by atoms with van der Waals surface area (Å²) in [6, 6.07) is 10.3. The van der Waals surface area contributed by atoms with Gasteiger partial charge in [0.25, 0.3) is 5.89 Å². The Morgan fingerprint density at radius 1 is 1.17 bits per heavy atom. The van der Waals surface area contributed by atoms with Crippen LogP contribution in [0.2, 0.25) is 0 Å². The third kappa shape index (κ3) is 2.67. The highest BCUT2D eigenvalue weighted by Gasteiger charge is 2.28. The highest BCUT2D eigenvalue weighted by Crippen LogP contribution is 2.36. The Morgan fingerprint density at radius 2 is 2.04 bits per heavy atom. The number of hydrogen-bond acceptors (Lipinski definition) is 6. The smallest absolute Gasteiger partial charge is 0.315 e. The van der Waals surface area contributed by atoms with Crippen LogP contribution < -0.4 is 10.1 Å². The van der Waals surface area contributed by atoms with Crippen LogP contribution in [0.1, 0.15) is 34.6 Å². The number of anilines is 1. The molecule has 4 rings (SSSR count). The Hall–Kier alpha value is -2.76.